The number of hydrogen-bond acceptors (Lipinski definition) is 5. The standard InChI is InChI=1S/C20H15FN6O/c1-12-10-17(24-27(12)14-7-5-6-13(21)11-14)20-22-19(25-28-20)18-15-8-3-4-9-16(15)23-26(18)2/h3-11H,1-2H3. The van der Waals surface area contributed by atoms with Gasteiger partial charge in [0.05, 0.1) is 11.2 Å². The van der Waals surface area contributed by atoms with Gasteiger partial charge in [-0.25, -0.2) is 9.07 Å². The molecule has 0 bridgehead atoms. The zero-order valence-corrected chi connectivity index (χ0v) is 15.2. The van der Waals surface area contributed by atoms with E-state index in [1.807, 2.05) is 44.3 Å². The van der Waals surface area contributed by atoms with Crippen LogP contribution in [-0.2, 0) is 7.05 Å². The third-order valence-corrected chi connectivity index (χ3v) is 4.54. The molecule has 0 amide bonds. The molecule has 0 unspecified atom stereocenters. The molecule has 2 aromatic carbocycles. The van der Waals surface area contributed by atoms with Gasteiger partial charge in [0.2, 0.25) is 5.82 Å². The molecule has 28 heavy (non-hydrogen) atoms. The third kappa shape index (κ3) is 2.58. The van der Waals surface area contributed by atoms with Gasteiger partial charge in [-0.3, -0.25) is 4.68 Å². The lowest BCUT2D eigenvalue weighted by Gasteiger charge is -2.03. The summed E-state index contributed by atoms with van der Waals surface area (Å²) in [5.41, 5.74) is 3.60. The van der Waals surface area contributed by atoms with Crippen LogP contribution < -0.4 is 0 Å². The lowest BCUT2D eigenvalue weighted by Crippen LogP contribution is -1.99. The number of aryl methyl sites for hydroxylation is 2. The van der Waals surface area contributed by atoms with Gasteiger partial charge in [-0.2, -0.15) is 15.2 Å². The van der Waals surface area contributed by atoms with Gasteiger partial charge in [0, 0.05) is 18.1 Å². The average Bonchev–Trinajstić information content (AvgIpc) is 3.37. The van der Waals surface area contributed by atoms with Gasteiger partial charge in [0.15, 0.2) is 5.69 Å². The van der Waals surface area contributed by atoms with Crippen molar-refractivity contribution < 1.29 is 8.91 Å². The molecular weight excluding hydrogens is 359 g/mol. The molecule has 0 atom stereocenters. The Morgan fingerprint density at radius 1 is 1.00 bits per heavy atom. The maximum absolute atomic E-state index is 13.5. The molecule has 0 fully saturated rings. The molecule has 0 aliphatic rings. The van der Waals surface area contributed by atoms with Crippen LogP contribution in [0.3, 0.4) is 0 Å². The lowest BCUT2D eigenvalue weighted by molar-refractivity contribution is 0.430. The van der Waals surface area contributed by atoms with Gasteiger partial charge in [-0.15, -0.1) is 0 Å². The van der Waals surface area contributed by atoms with Gasteiger partial charge < -0.3 is 4.52 Å². The molecule has 0 radical (unpaired) electrons. The Morgan fingerprint density at radius 2 is 1.86 bits per heavy atom. The summed E-state index contributed by atoms with van der Waals surface area (Å²) in [5, 5.41) is 14.0. The van der Waals surface area contributed by atoms with E-state index in [9.17, 15) is 4.39 Å². The molecule has 0 spiro atoms. The summed E-state index contributed by atoms with van der Waals surface area (Å²) in [6.45, 7) is 1.88. The molecule has 3 aromatic heterocycles. The second kappa shape index (κ2) is 6.12. The fraction of sp³-hybridized carbons (Fsp3) is 0.100. The molecule has 0 saturated carbocycles. The van der Waals surface area contributed by atoms with Gasteiger partial charge in [0.1, 0.15) is 11.5 Å². The average molecular weight is 374 g/mol. The highest BCUT2D eigenvalue weighted by molar-refractivity contribution is 5.91. The van der Waals surface area contributed by atoms with Crippen molar-refractivity contribution in [1.29, 1.82) is 0 Å². The molecule has 8 heteroatoms. The Morgan fingerprint density at radius 3 is 2.71 bits per heavy atom. The van der Waals surface area contributed by atoms with Crippen molar-refractivity contribution in [3.05, 3.63) is 66.1 Å². The van der Waals surface area contributed by atoms with E-state index in [0.29, 0.717) is 23.1 Å². The second-order valence-electron chi connectivity index (χ2n) is 6.48. The van der Waals surface area contributed by atoms with Crippen LogP contribution in [0.1, 0.15) is 5.69 Å². The first kappa shape index (κ1) is 16.4. The number of rotatable bonds is 3. The largest absolute Gasteiger partial charge is 0.332 e. The number of halogens is 1. The van der Waals surface area contributed by atoms with Crippen LogP contribution >= 0.6 is 0 Å². The van der Waals surface area contributed by atoms with E-state index in [4.69, 9.17) is 4.52 Å². The molecule has 0 aliphatic carbocycles. The third-order valence-electron chi connectivity index (χ3n) is 4.54. The van der Waals surface area contributed by atoms with Crippen LogP contribution in [0.15, 0.2) is 59.1 Å². The summed E-state index contributed by atoms with van der Waals surface area (Å²) in [6, 6.07) is 15.8. The highest BCUT2D eigenvalue weighted by Crippen LogP contribution is 2.28. The van der Waals surface area contributed by atoms with Crippen molar-refractivity contribution in [2.24, 2.45) is 7.05 Å². The van der Waals surface area contributed by atoms with Crippen molar-refractivity contribution in [3.63, 3.8) is 0 Å². The fourth-order valence-corrected chi connectivity index (χ4v) is 3.28. The number of hydrogen-bond donors (Lipinski definition) is 0. The molecule has 7 nitrogen and oxygen atoms in total. The summed E-state index contributed by atoms with van der Waals surface area (Å²) in [7, 11) is 1.84. The molecular formula is C20H15FN6O. The normalized spacial score (nSPS) is 11.4. The summed E-state index contributed by atoms with van der Waals surface area (Å²) in [4.78, 5) is 4.51. The minimum atomic E-state index is -0.322. The number of benzene rings is 2. The highest BCUT2D eigenvalue weighted by atomic mass is 19.1. The number of nitrogens with zero attached hydrogens (tertiary/aromatic N) is 6. The molecule has 5 rings (SSSR count). The first-order valence-electron chi connectivity index (χ1n) is 8.69. The maximum Gasteiger partial charge on any atom is 0.278 e. The van der Waals surface area contributed by atoms with Crippen molar-refractivity contribution in [3.8, 4) is 28.8 Å². The number of fused-ring (bicyclic) bond motifs is 1. The number of aromatic nitrogens is 6. The zero-order valence-electron chi connectivity index (χ0n) is 15.2. The Labute approximate surface area is 159 Å². The highest BCUT2D eigenvalue weighted by Gasteiger charge is 2.19. The predicted octanol–water partition coefficient (Wildman–Crippen LogP) is 3.92. The van der Waals surface area contributed by atoms with E-state index >= 15 is 0 Å². The maximum atomic E-state index is 13.5. The SMILES string of the molecule is Cc1cc(-c2nc(-c3c4ccccc4nn3C)no2)nn1-c1cccc(F)c1. The van der Waals surface area contributed by atoms with Crippen LogP contribution in [0, 0.1) is 12.7 Å². The molecule has 5 aromatic rings. The molecule has 0 aliphatic heterocycles. The van der Waals surface area contributed by atoms with Gasteiger partial charge >= 0.3 is 0 Å². The van der Waals surface area contributed by atoms with Gasteiger partial charge in [0.25, 0.3) is 5.89 Å². The minimum Gasteiger partial charge on any atom is -0.332 e. The van der Waals surface area contributed by atoms with Crippen molar-refractivity contribution in [2.45, 2.75) is 6.92 Å². The smallest absolute Gasteiger partial charge is 0.278 e. The minimum absolute atomic E-state index is 0.290. The van der Waals surface area contributed by atoms with Crippen molar-refractivity contribution >= 4 is 10.9 Å². The lowest BCUT2D eigenvalue weighted by atomic mass is 10.2. The van der Waals surface area contributed by atoms with Crippen LogP contribution in [0.4, 0.5) is 4.39 Å². The zero-order chi connectivity index (χ0) is 19.3. The Kier molecular flexibility index (Phi) is 3.58. The van der Waals surface area contributed by atoms with E-state index in [-0.39, 0.29) is 5.82 Å². The van der Waals surface area contributed by atoms with Crippen LogP contribution in [-0.4, -0.2) is 29.7 Å². The van der Waals surface area contributed by atoms with Crippen molar-refractivity contribution in [1.82, 2.24) is 29.7 Å². The first-order valence-corrected chi connectivity index (χ1v) is 8.69. The monoisotopic (exact) mass is 374 g/mol. The molecule has 0 saturated heterocycles. The second-order valence-corrected chi connectivity index (χ2v) is 6.48. The van der Waals surface area contributed by atoms with Crippen LogP contribution in [0.25, 0.3) is 39.7 Å². The van der Waals surface area contributed by atoms with E-state index in [2.05, 4.69) is 20.3 Å². The van der Waals surface area contributed by atoms with Crippen LogP contribution in [0.5, 0.6) is 0 Å². The van der Waals surface area contributed by atoms with E-state index in [1.54, 1.807) is 21.5 Å². The fourth-order valence-electron chi connectivity index (χ4n) is 3.28. The molecule has 0 N–H and O–H groups in total. The van der Waals surface area contributed by atoms with Crippen molar-refractivity contribution in [2.75, 3.05) is 0 Å². The van der Waals surface area contributed by atoms with Crippen LogP contribution in [0.2, 0.25) is 0 Å². The first-order chi connectivity index (χ1) is 13.6. The van der Waals surface area contributed by atoms with E-state index in [0.717, 1.165) is 22.3 Å². The van der Waals surface area contributed by atoms with Gasteiger partial charge in [-0.1, -0.05) is 29.4 Å². The summed E-state index contributed by atoms with van der Waals surface area (Å²) in [6.07, 6.45) is 0. The van der Waals surface area contributed by atoms with E-state index in [1.165, 1.54) is 12.1 Å². The van der Waals surface area contributed by atoms with E-state index < -0.39 is 0 Å². The molecule has 138 valence electrons. The predicted molar refractivity (Wildman–Crippen MR) is 101 cm³/mol. The Bertz CT molecular complexity index is 1320. The molecule has 3 heterocycles. The van der Waals surface area contributed by atoms with Gasteiger partial charge in [-0.05, 0) is 37.3 Å². The summed E-state index contributed by atoms with van der Waals surface area (Å²) < 4.78 is 22.4. The summed E-state index contributed by atoms with van der Waals surface area (Å²) in [5.74, 6) is 0.403. The summed E-state index contributed by atoms with van der Waals surface area (Å²) >= 11 is 0. The topological polar surface area (TPSA) is 74.6 Å². The quantitative estimate of drug-likeness (QED) is 0.478. The Balaban J connectivity index is 1.57. The Hall–Kier alpha value is -3.81.